The summed E-state index contributed by atoms with van der Waals surface area (Å²) in [6.07, 6.45) is 1.42. The number of benzene rings is 3. The van der Waals surface area contributed by atoms with Gasteiger partial charge in [0.2, 0.25) is 5.13 Å². The summed E-state index contributed by atoms with van der Waals surface area (Å²) in [7, 11) is 0. The molecule has 0 bridgehead atoms. The number of nitrogens with zero attached hydrogens (tertiary/aromatic N) is 3. The molecule has 0 aliphatic rings. The molecule has 0 saturated heterocycles. The van der Waals surface area contributed by atoms with Crippen LogP contribution in [0, 0.1) is 0 Å². The number of halogens is 1. The highest BCUT2D eigenvalue weighted by Crippen LogP contribution is 2.25. The van der Waals surface area contributed by atoms with Crippen molar-refractivity contribution >= 4 is 50.4 Å². The largest absolute Gasteiger partial charge is 0.488 e. The zero-order valence-corrected chi connectivity index (χ0v) is 20.0. The van der Waals surface area contributed by atoms with E-state index in [9.17, 15) is 9.59 Å². The van der Waals surface area contributed by atoms with Crippen molar-refractivity contribution in [1.29, 1.82) is 0 Å². The Balaban J connectivity index is 1.32. The lowest BCUT2D eigenvalue weighted by Gasteiger charge is -2.09. The smallest absolute Gasteiger partial charge is 0.329 e. The van der Waals surface area contributed by atoms with E-state index in [-0.39, 0.29) is 5.13 Å². The molecule has 1 aromatic heterocycles. The fraction of sp³-hybridized carbons (Fsp3) is 0.0417. The van der Waals surface area contributed by atoms with Gasteiger partial charge in [0, 0.05) is 15.6 Å². The van der Waals surface area contributed by atoms with Gasteiger partial charge < -0.3 is 4.74 Å². The molecule has 0 unspecified atom stereocenters. The Hall–Kier alpha value is -3.89. The van der Waals surface area contributed by atoms with Gasteiger partial charge in [0.05, 0.1) is 6.21 Å². The Morgan fingerprint density at radius 1 is 0.941 bits per heavy atom. The molecule has 10 heteroatoms. The van der Waals surface area contributed by atoms with Gasteiger partial charge in [-0.15, -0.1) is 10.2 Å². The summed E-state index contributed by atoms with van der Waals surface area (Å²) >= 11 is 4.57. The first kappa shape index (κ1) is 23.3. The van der Waals surface area contributed by atoms with Crippen LogP contribution in [0.1, 0.15) is 11.1 Å². The Kier molecular flexibility index (Phi) is 7.74. The van der Waals surface area contributed by atoms with Crippen LogP contribution < -0.4 is 15.5 Å². The number of carbonyl (C=O) groups excluding carboxylic acids is 2. The first-order valence-corrected chi connectivity index (χ1v) is 11.7. The van der Waals surface area contributed by atoms with Gasteiger partial charge in [-0.1, -0.05) is 81.9 Å². The maximum absolute atomic E-state index is 12.2. The number of hydrogen-bond acceptors (Lipinski definition) is 7. The number of nitrogens with one attached hydrogen (secondary N) is 2. The van der Waals surface area contributed by atoms with E-state index in [1.54, 1.807) is 12.1 Å². The minimum absolute atomic E-state index is 0.217. The highest BCUT2D eigenvalue weighted by Gasteiger charge is 2.16. The number of rotatable bonds is 7. The Morgan fingerprint density at radius 3 is 2.47 bits per heavy atom. The van der Waals surface area contributed by atoms with Crippen LogP contribution in [0.15, 0.2) is 88.4 Å². The first-order valence-electron chi connectivity index (χ1n) is 10.1. The zero-order chi connectivity index (χ0) is 23.8. The van der Waals surface area contributed by atoms with Gasteiger partial charge >= 0.3 is 11.8 Å². The molecule has 3 aromatic carbocycles. The predicted octanol–water partition coefficient (Wildman–Crippen LogP) is 4.64. The molecule has 1 heterocycles. The second-order valence-electron chi connectivity index (χ2n) is 6.88. The van der Waals surface area contributed by atoms with Crippen LogP contribution in [0.2, 0.25) is 0 Å². The van der Waals surface area contributed by atoms with E-state index >= 15 is 0 Å². The molecular formula is C24H18BrN5O3S. The third-order valence-corrected chi connectivity index (χ3v) is 5.89. The van der Waals surface area contributed by atoms with E-state index in [2.05, 4.69) is 42.0 Å². The van der Waals surface area contributed by atoms with Crippen LogP contribution in [0.4, 0.5) is 5.13 Å². The third-order valence-electron chi connectivity index (χ3n) is 4.47. The Labute approximate surface area is 207 Å². The number of hydrogen-bond donors (Lipinski definition) is 2. The SMILES string of the molecule is O=C(NN=Cc1ccccc1OCc1ccc(Br)cc1)C(=O)Nc1nnc(-c2ccccc2)s1. The number of ether oxygens (including phenoxy) is 1. The number of hydrazone groups is 1. The van der Waals surface area contributed by atoms with Gasteiger partial charge in [-0.05, 0) is 29.8 Å². The van der Waals surface area contributed by atoms with E-state index in [0.29, 0.717) is 22.9 Å². The summed E-state index contributed by atoms with van der Waals surface area (Å²) in [5.41, 5.74) is 4.74. The number of amides is 2. The molecule has 2 amide bonds. The summed E-state index contributed by atoms with van der Waals surface area (Å²) < 4.78 is 6.87. The van der Waals surface area contributed by atoms with Crippen LogP contribution in [0.25, 0.3) is 10.6 Å². The summed E-state index contributed by atoms with van der Waals surface area (Å²) in [5, 5.41) is 15.1. The summed E-state index contributed by atoms with van der Waals surface area (Å²) in [6.45, 7) is 0.375. The van der Waals surface area contributed by atoms with Gasteiger partial charge in [0.25, 0.3) is 0 Å². The number of carbonyl (C=O) groups is 2. The van der Waals surface area contributed by atoms with E-state index in [1.807, 2.05) is 66.7 Å². The number of aromatic nitrogens is 2. The monoisotopic (exact) mass is 535 g/mol. The van der Waals surface area contributed by atoms with Crippen molar-refractivity contribution < 1.29 is 14.3 Å². The standard InChI is InChI=1S/C24H18BrN5O3S/c25-19-12-10-16(11-13-19)15-33-20-9-5-4-8-18(20)14-26-28-22(32)21(31)27-24-30-29-23(34-24)17-6-2-1-3-7-17/h1-14H,15H2,(H,28,32)(H,27,30,31). The Bertz CT molecular complexity index is 1310. The van der Waals surface area contributed by atoms with Crippen molar-refractivity contribution in [3.63, 3.8) is 0 Å². The predicted molar refractivity (Wildman–Crippen MR) is 135 cm³/mol. The van der Waals surface area contributed by atoms with Crippen LogP contribution in [0.5, 0.6) is 5.75 Å². The van der Waals surface area contributed by atoms with E-state index in [4.69, 9.17) is 4.74 Å². The van der Waals surface area contributed by atoms with E-state index in [1.165, 1.54) is 17.6 Å². The van der Waals surface area contributed by atoms with Crippen molar-refractivity contribution in [2.24, 2.45) is 5.10 Å². The van der Waals surface area contributed by atoms with Crippen molar-refractivity contribution in [3.05, 3.63) is 94.5 Å². The zero-order valence-electron chi connectivity index (χ0n) is 17.6. The van der Waals surface area contributed by atoms with Crippen LogP contribution in [0.3, 0.4) is 0 Å². The minimum Gasteiger partial charge on any atom is -0.488 e. The molecular weight excluding hydrogens is 518 g/mol. The van der Waals surface area contributed by atoms with Gasteiger partial charge in [-0.25, -0.2) is 5.43 Å². The average molecular weight is 536 g/mol. The van der Waals surface area contributed by atoms with Gasteiger partial charge in [0.1, 0.15) is 17.4 Å². The number of para-hydroxylation sites is 1. The topological polar surface area (TPSA) is 106 Å². The fourth-order valence-electron chi connectivity index (χ4n) is 2.80. The van der Waals surface area contributed by atoms with Crippen molar-refractivity contribution in [2.75, 3.05) is 5.32 Å². The highest BCUT2D eigenvalue weighted by atomic mass is 79.9. The second kappa shape index (κ2) is 11.3. The van der Waals surface area contributed by atoms with Crippen LogP contribution >= 0.6 is 27.3 Å². The lowest BCUT2D eigenvalue weighted by atomic mass is 10.2. The molecule has 0 atom stereocenters. The molecule has 0 radical (unpaired) electrons. The van der Waals surface area contributed by atoms with Crippen molar-refractivity contribution in [3.8, 4) is 16.3 Å². The molecule has 0 fully saturated rings. The molecule has 34 heavy (non-hydrogen) atoms. The molecule has 4 rings (SSSR count). The molecule has 2 N–H and O–H groups in total. The quantitative estimate of drug-likeness (QED) is 0.204. The third kappa shape index (κ3) is 6.33. The minimum atomic E-state index is -0.930. The van der Waals surface area contributed by atoms with Gasteiger partial charge in [-0.3, -0.25) is 14.9 Å². The maximum Gasteiger partial charge on any atom is 0.329 e. The Morgan fingerprint density at radius 2 is 1.68 bits per heavy atom. The first-order chi connectivity index (χ1) is 16.6. The molecule has 4 aromatic rings. The lowest BCUT2D eigenvalue weighted by molar-refractivity contribution is -0.136. The van der Waals surface area contributed by atoms with E-state index in [0.717, 1.165) is 15.6 Å². The molecule has 0 aliphatic heterocycles. The molecule has 0 saturated carbocycles. The molecule has 8 nitrogen and oxygen atoms in total. The normalized spacial score (nSPS) is 10.7. The summed E-state index contributed by atoms with van der Waals surface area (Å²) in [5.74, 6) is -1.23. The van der Waals surface area contributed by atoms with Crippen molar-refractivity contribution in [1.82, 2.24) is 15.6 Å². The van der Waals surface area contributed by atoms with Gasteiger partial charge in [-0.2, -0.15) is 5.10 Å². The highest BCUT2D eigenvalue weighted by molar-refractivity contribution is 9.10. The molecule has 0 spiro atoms. The second-order valence-corrected chi connectivity index (χ2v) is 8.78. The molecule has 0 aliphatic carbocycles. The summed E-state index contributed by atoms with van der Waals surface area (Å²) in [6, 6.07) is 24.5. The maximum atomic E-state index is 12.2. The van der Waals surface area contributed by atoms with Crippen molar-refractivity contribution in [2.45, 2.75) is 6.61 Å². The van der Waals surface area contributed by atoms with Crippen LogP contribution in [-0.4, -0.2) is 28.2 Å². The van der Waals surface area contributed by atoms with Gasteiger partial charge in [0.15, 0.2) is 0 Å². The number of anilines is 1. The van der Waals surface area contributed by atoms with Crippen LogP contribution in [-0.2, 0) is 16.2 Å². The lowest BCUT2D eigenvalue weighted by Crippen LogP contribution is -2.32. The average Bonchev–Trinajstić information content (AvgIpc) is 3.33. The fourth-order valence-corrected chi connectivity index (χ4v) is 3.81. The summed E-state index contributed by atoms with van der Waals surface area (Å²) in [4.78, 5) is 24.3. The van der Waals surface area contributed by atoms with E-state index < -0.39 is 11.8 Å². The molecule has 170 valence electrons.